The van der Waals surface area contributed by atoms with Crippen LogP contribution in [0.1, 0.15) is 56.8 Å². The number of sulfonamides is 1. The predicted molar refractivity (Wildman–Crippen MR) is 123 cm³/mol. The van der Waals surface area contributed by atoms with Gasteiger partial charge in [-0.25, -0.2) is 13.4 Å². The Kier molecular flexibility index (Phi) is 6.74. The molecule has 0 spiro atoms. The van der Waals surface area contributed by atoms with E-state index in [0.29, 0.717) is 51.2 Å². The summed E-state index contributed by atoms with van der Waals surface area (Å²) in [5, 5.41) is 0.841. The Morgan fingerprint density at radius 2 is 1.74 bits per heavy atom. The zero-order valence-corrected chi connectivity index (χ0v) is 19.6. The van der Waals surface area contributed by atoms with E-state index in [1.807, 2.05) is 25.1 Å². The number of aromatic nitrogens is 2. The van der Waals surface area contributed by atoms with Gasteiger partial charge < -0.3 is 4.90 Å². The number of ketones is 1. The second-order valence-corrected chi connectivity index (χ2v) is 11.3. The lowest BCUT2D eigenvalue weighted by atomic mass is 9.68. The normalized spacial score (nSPS) is 20.2. The van der Waals surface area contributed by atoms with Gasteiger partial charge >= 0.3 is 0 Å². The summed E-state index contributed by atoms with van der Waals surface area (Å²) in [5.74, 6) is 1.33. The first-order valence-electron chi connectivity index (χ1n) is 11.1. The van der Waals surface area contributed by atoms with Gasteiger partial charge in [-0.3, -0.25) is 4.79 Å². The highest BCUT2D eigenvalue weighted by molar-refractivity contribution is 7.89. The molecule has 2 aliphatic rings. The molecule has 9 heteroatoms. The molecule has 1 saturated heterocycles. The van der Waals surface area contributed by atoms with Crippen LogP contribution >= 0.6 is 11.5 Å². The van der Waals surface area contributed by atoms with Crippen molar-refractivity contribution >= 4 is 32.5 Å². The third kappa shape index (κ3) is 4.68. The molecule has 1 aromatic heterocycles. The molecule has 4 rings (SSSR count). The van der Waals surface area contributed by atoms with Gasteiger partial charge in [-0.1, -0.05) is 43.7 Å². The first-order valence-corrected chi connectivity index (χ1v) is 13.5. The second-order valence-electron chi connectivity index (χ2n) is 8.44. The standard InChI is InChI=1S/C22H30N4O3S2/c1-2-3-17-31(28,29)26-15-13-25(14-16-26)21-23-20(24-30-21)22(11-9-19(27)10-12-22)18-7-5-4-6-8-18/h4-8H,2-3,9-17H2,1H3. The van der Waals surface area contributed by atoms with Gasteiger partial charge in [0.1, 0.15) is 5.78 Å². The molecule has 0 atom stereocenters. The van der Waals surface area contributed by atoms with Gasteiger partial charge in [0.05, 0.1) is 11.2 Å². The summed E-state index contributed by atoms with van der Waals surface area (Å²) in [6, 6.07) is 10.3. The molecule has 31 heavy (non-hydrogen) atoms. The molecule has 1 saturated carbocycles. The maximum atomic E-state index is 12.5. The minimum Gasteiger partial charge on any atom is -0.344 e. The lowest BCUT2D eigenvalue weighted by Crippen LogP contribution is -2.49. The highest BCUT2D eigenvalue weighted by Gasteiger charge is 2.41. The average Bonchev–Trinajstić information content (AvgIpc) is 3.30. The first-order chi connectivity index (χ1) is 14.9. The van der Waals surface area contributed by atoms with E-state index in [9.17, 15) is 13.2 Å². The summed E-state index contributed by atoms with van der Waals surface area (Å²) in [6.45, 7) is 4.22. The summed E-state index contributed by atoms with van der Waals surface area (Å²) >= 11 is 1.38. The Morgan fingerprint density at radius 1 is 1.06 bits per heavy atom. The van der Waals surface area contributed by atoms with E-state index >= 15 is 0 Å². The van der Waals surface area contributed by atoms with Crippen LogP contribution in [0.5, 0.6) is 0 Å². The molecule has 1 aromatic carbocycles. The summed E-state index contributed by atoms with van der Waals surface area (Å²) in [4.78, 5) is 19.0. The molecule has 1 aliphatic carbocycles. The van der Waals surface area contributed by atoms with Crippen molar-refractivity contribution in [1.29, 1.82) is 0 Å². The largest absolute Gasteiger partial charge is 0.344 e. The van der Waals surface area contributed by atoms with Crippen molar-refractivity contribution in [2.24, 2.45) is 0 Å². The Hall–Kier alpha value is -1.84. The van der Waals surface area contributed by atoms with Crippen LogP contribution in [0, 0.1) is 0 Å². The highest BCUT2D eigenvalue weighted by atomic mass is 32.2. The van der Waals surface area contributed by atoms with Crippen molar-refractivity contribution in [2.75, 3.05) is 36.8 Å². The van der Waals surface area contributed by atoms with Crippen LogP contribution in [0.3, 0.4) is 0 Å². The molecule has 1 aliphatic heterocycles. The number of hydrogen-bond donors (Lipinski definition) is 0. The Labute approximate surface area is 188 Å². The molecular weight excluding hydrogens is 432 g/mol. The zero-order chi connectivity index (χ0) is 21.9. The van der Waals surface area contributed by atoms with Crippen LogP contribution in [0.4, 0.5) is 5.13 Å². The zero-order valence-electron chi connectivity index (χ0n) is 18.0. The minimum atomic E-state index is -3.17. The number of unbranched alkanes of at least 4 members (excludes halogenated alkanes) is 1. The molecular formula is C22H30N4O3S2. The summed E-state index contributed by atoms with van der Waals surface area (Å²) in [7, 11) is -3.17. The minimum absolute atomic E-state index is 0.227. The van der Waals surface area contributed by atoms with Gasteiger partial charge in [0.2, 0.25) is 15.2 Å². The number of benzene rings is 1. The topological polar surface area (TPSA) is 83.5 Å². The van der Waals surface area contributed by atoms with Gasteiger partial charge in [0.15, 0.2) is 5.82 Å². The second kappa shape index (κ2) is 9.34. The summed E-state index contributed by atoms with van der Waals surface area (Å²) < 4.78 is 31.3. The average molecular weight is 463 g/mol. The molecule has 2 aromatic rings. The van der Waals surface area contributed by atoms with Crippen LogP contribution in [0.25, 0.3) is 0 Å². The molecule has 0 radical (unpaired) electrons. The maximum absolute atomic E-state index is 12.5. The van der Waals surface area contributed by atoms with Crippen LogP contribution < -0.4 is 4.90 Å². The first kappa shape index (κ1) is 22.4. The third-order valence-corrected chi connectivity index (χ3v) is 9.22. The fourth-order valence-corrected chi connectivity index (χ4v) is 6.95. The number of rotatable bonds is 7. The van der Waals surface area contributed by atoms with E-state index in [1.54, 1.807) is 4.31 Å². The Balaban J connectivity index is 1.51. The quantitative estimate of drug-likeness (QED) is 0.628. The number of hydrogen-bond acceptors (Lipinski definition) is 7. The number of anilines is 1. The molecule has 0 amide bonds. The van der Waals surface area contributed by atoms with E-state index in [1.165, 1.54) is 17.1 Å². The molecule has 7 nitrogen and oxygen atoms in total. The predicted octanol–water partition coefficient (Wildman–Crippen LogP) is 3.22. The van der Waals surface area contributed by atoms with Crippen LogP contribution in [-0.2, 0) is 20.2 Å². The van der Waals surface area contributed by atoms with Crippen LogP contribution in [0.2, 0.25) is 0 Å². The third-order valence-electron chi connectivity index (χ3n) is 6.49. The smallest absolute Gasteiger partial charge is 0.214 e. The van der Waals surface area contributed by atoms with Crippen molar-refractivity contribution < 1.29 is 13.2 Å². The van der Waals surface area contributed by atoms with Crippen molar-refractivity contribution in [3.05, 3.63) is 41.7 Å². The van der Waals surface area contributed by atoms with E-state index in [2.05, 4.69) is 17.0 Å². The SMILES string of the molecule is CCCCS(=O)(=O)N1CCN(c2nc(C3(c4ccccc4)CCC(=O)CC3)ns2)CC1. The molecule has 2 heterocycles. The molecule has 0 N–H and O–H groups in total. The summed E-state index contributed by atoms with van der Waals surface area (Å²) in [6.07, 6.45) is 4.15. The number of piperazine rings is 1. The van der Waals surface area contributed by atoms with Crippen molar-refractivity contribution in [3.63, 3.8) is 0 Å². The Bertz CT molecular complexity index is 989. The van der Waals surface area contributed by atoms with Crippen molar-refractivity contribution in [1.82, 2.24) is 13.7 Å². The monoisotopic (exact) mass is 462 g/mol. The highest BCUT2D eigenvalue weighted by Crippen LogP contribution is 2.43. The lowest BCUT2D eigenvalue weighted by molar-refractivity contribution is -0.121. The summed E-state index contributed by atoms with van der Waals surface area (Å²) in [5.41, 5.74) is 0.841. The van der Waals surface area contributed by atoms with Gasteiger partial charge in [-0.2, -0.15) is 8.68 Å². The van der Waals surface area contributed by atoms with E-state index < -0.39 is 10.0 Å². The molecule has 168 valence electrons. The fourth-order valence-electron chi connectivity index (χ4n) is 4.51. The number of nitrogens with zero attached hydrogens (tertiary/aromatic N) is 4. The molecule has 0 bridgehead atoms. The lowest BCUT2D eigenvalue weighted by Gasteiger charge is -2.35. The van der Waals surface area contributed by atoms with E-state index in [-0.39, 0.29) is 11.2 Å². The van der Waals surface area contributed by atoms with E-state index in [4.69, 9.17) is 9.36 Å². The fraction of sp³-hybridized carbons (Fsp3) is 0.591. The number of Topliss-reactive ketones (excluding diaryl/α,β-unsaturated/α-hetero) is 1. The van der Waals surface area contributed by atoms with Gasteiger partial charge in [0.25, 0.3) is 0 Å². The van der Waals surface area contributed by atoms with Crippen LogP contribution in [0.15, 0.2) is 30.3 Å². The number of carbonyl (C=O) groups is 1. The van der Waals surface area contributed by atoms with Gasteiger partial charge in [0, 0.05) is 50.6 Å². The van der Waals surface area contributed by atoms with E-state index in [0.717, 1.165) is 30.2 Å². The maximum Gasteiger partial charge on any atom is 0.214 e. The Morgan fingerprint density at radius 3 is 2.39 bits per heavy atom. The van der Waals surface area contributed by atoms with Gasteiger partial charge in [-0.05, 0) is 24.8 Å². The molecule has 2 fully saturated rings. The van der Waals surface area contributed by atoms with Crippen molar-refractivity contribution in [3.8, 4) is 0 Å². The van der Waals surface area contributed by atoms with Crippen LogP contribution in [-0.4, -0.2) is 59.8 Å². The van der Waals surface area contributed by atoms with Crippen molar-refractivity contribution in [2.45, 2.75) is 50.9 Å². The van der Waals surface area contributed by atoms with Gasteiger partial charge in [-0.15, -0.1) is 0 Å². The molecule has 0 unspecified atom stereocenters. The number of carbonyl (C=O) groups excluding carboxylic acids is 1.